The molecule has 1 aliphatic rings. The quantitative estimate of drug-likeness (QED) is 0.614. The molecular formula is C20H15ClFNO2. The van der Waals surface area contributed by atoms with Gasteiger partial charge in [-0.1, -0.05) is 17.7 Å². The van der Waals surface area contributed by atoms with Gasteiger partial charge in [0, 0.05) is 41.1 Å². The monoisotopic (exact) mass is 355 g/mol. The van der Waals surface area contributed by atoms with Crippen molar-refractivity contribution in [2.24, 2.45) is 5.92 Å². The first-order chi connectivity index (χ1) is 11.9. The summed E-state index contributed by atoms with van der Waals surface area (Å²) in [6.45, 7) is 1.90. The largest absolute Gasteiger partial charge is 0.298 e. The van der Waals surface area contributed by atoms with Crippen molar-refractivity contribution in [2.75, 3.05) is 0 Å². The minimum Gasteiger partial charge on any atom is -0.298 e. The van der Waals surface area contributed by atoms with Crippen LogP contribution in [0, 0.1) is 31.0 Å². The topological polar surface area (TPSA) is 47.0 Å². The molecule has 2 unspecified atom stereocenters. The van der Waals surface area contributed by atoms with Gasteiger partial charge in [0.1, 0.15) is 17.5 Å². The Kier molecular flexibility index (Phi) is 4.69. The Morgan fingerprint density at radius 3 is 2.72 bits per heavy atom. The van der Waals surface area contributed by atoms with Gasteiger partial charge >= 0.3 is 0 Å². The summed E-state index contributed by atoms with van der Waals surface area (Å²) in [6, 6.07) is 6.41. The number of aryl methyl sites for hydroxylation is 1. The molecule has 0 spiro atoms. The normalized spacial score (nSPS) is 19.9. The number of hydrogen-bond donors (Lipinski definition) is 0. The maximum absolute atomic E-state index is 14.7. The summed E-state index contributed by atoms with van der Waals surface area (Å²) in [5.41, 5.74) is 1.97. The lowest BCUT2D eigenvalue weighted by Crippen LogP contribution is -2.17. The highest BCUT2D eigenvalue weighted by Gasteiger charge is 2.43. The van der Waals surface area contributed by atoms with E-state index in [1.165, 1.54) is 12.1 Å². The third-order valence-corrected chi connectivity index (χ3v) is 4.71. The van der Waals surface area contributed by atoms with Crippen molar-refractivity contribution in [1.82, 2.24) is 4.98 Å². The van der Waals surface area contributed by atoms with Gasteiger partial charge in [0.25, 0.3) is 0 Å². The summed E-state index contributed by atoms with van der Waals surface area (Å²) in [5, 5.41) is 0.0467. The number of carbonyl (C=O) groups is 2. The molecule has 25 heavy (non-hydrogen) atoms. The van der Waals surface area contributed by atoms with E-state index in [2.05, 4.69) is 10.9 Å². The number of nitrogens with zero attached hydrogens (tertiary/aromatic N) is 1. The van der Waals surface area contributed by atoms with Crippen molar-refractivity contribution < 1.29 is 14.0 Å². The predicted octanol–water partition coefficient (Wildman–Crippen LogP) is 4.11. The molecule has 1 heterocycles. The number of rotatable bonds is 3. The second kappa shape index (κ2) is 6.78. The molecule has 1 aromatic carbocycles. The molecule has 1 aliphatic carbocycles. The molecule has 0 saturated heterocycles. The van der Waals surface area contributed by atoms with E-state index in [0.29, 0.717) is 11.3 Å². The molecule has 2 aromatic rings. The molecule has 126 valence electrons. The number of halogens is 2. The van der Waals surface area contributed by atoms with Gasteiger partial charge in [-0.2, -0.15) is 0 Å². The maximum atomic E-state index is 14.7. The summed E-state index contributed by atoms with van der Waals surface area (Å²) in [5.74, 6) is -0.725. The summed E-state index contributed by atoms with van der Waals surface area (Å²) in [7, 11) is 0. The van der Waals surface area contributed by atoms with Crippen molar-refractivity contribution in [3.63, 3.8) is 0 Å². The van der Waals surface area contributed by atoms with Crippen LogP contribution in [-0.2, 0) is 9.59 Å². The molecule has 3 rings (SSSR count). The summed E-state index contributed by atoms with van der Waals surface area (Å²) >= 11 is 6.24. The number of terminal acetylenes is 1. The van der Waals surface area contributed by atoms with Crippen LogP contribution in [-0.4, -0.2) is 16.6 Å². The molecule has 0 aliphatic heterocycles. The number of ketones is 2. The number of carbonyl (C=O) groups excluding carboxylic acids is 2. The fourth-order valence-electron chi connectivity index (χ4n) is 3.12. The zero-order valence-corrected chi connectivity index (χ0v) is 14.3. The zero-order valence-electron chi connectivity index (χ0n) is 13.6. The van der Waals surface area contributed by atoms with Crippen molar-refractivity contribution in [3.8, 4) is 23.6 Å². The maximum Gasteiger partial charge on any atom is 0.152 e. The molecular weight excluding hydrogens is 341 g/mol. The highest BCUT2D eigenvalue weighted by molar-refractivity contribution is 6.33. The first kappa shape index (κ1) is 17.3. The van der Waals surface area contributed by atoms with Crippen LogP contribution in [0.5, 0.6) is 0 Å². The van der Waals surface area contributed by atoms with Crippen LogP contribution in [0.4, 0.5) is 4.39 Å². The van der Waals surface area contributed by atoms with E-state index < -0.39 is 17.7 Å². The number of aromatic nitrogens is 1. The van der Waals surface area contributed by atoms with Crippen molar-refractivity contribution in [2.45, 2.75) is 25.7 Å². The average Bonchev–Trinajstić information content (AvgIpc) is 2.83. The minimum atomic E-state index is -1.18. The lowest BCUT2D eigenvalue weighted by molar-refractivity contribution is -0.124. The van der Waals surface area contributed by atoms with Crippen molar-refractivity contribution in [1.29, 1.82) is 0 Å². The third kappa shape index (κ3) is 3.20. The second-order valence-corrected chi connectivity index (χ2v) is 6.59. The lowest BCUT2D eigenvalue weighted by Gasteiger charge is -2.13. The van der Waals surface area contributed by atoms with Gasteiger partial charge in [-0.05, 0) is 30.7 Å². The van der Waals surface area contributed by atoms with Gasteiger partial charge in [-0.25, -0.2) is 4.39 Å². The summed E-state index contributed by atoms with van der Waals surface area (Å²) < 4.78 is 14.7. The molecule has 1 fully saturated rings. The van der Waals surface area contributed by atoms with Crippen LogP contribution in [0.3, 0.4) is 0 Å². The smallest absolute Gasteiger partial charge is 0.152 e. The van der Waals surface area contributed by atoms with Crippen LogP contribution < -0.4 is 0 Å². The first-order valence-corrected chi connectivity index (χ1v) is 8.22. The number of hydrogen-bond acceptors (Lipinski definition) is 3. The zero-order chi connectivity index (χ0) is 18.1. The number of pyridine rings is 1. The molecule has 0 bridgehead atoms. The number of benzene rings is 1. The van der Waals surface area contributed by atoms with Crippen LogP contribution in [0.2, 0.25) is 5.02 Å². The van der Waals surface area contributed by atoms with E-state index in [0.717, 1.165) is 5.56 Å². The second-order valence-electron chi connectivity index (χ2n) is 6.19. The van der Waals surface area contributed by atoms with Gasteiger partial charge in [-0.15, -0.1) is 12.3 Å². The Morgan fingerprint density at radius 2 is 2.12 bits per heavy atom. The molecule has 0 N–H and O–H groups in total. The standard InChI is InChI=1S/C20H15ClFNO2/c1-3-4-12-9-17(24)19(20(12)25)18-14(21)7-13(8-15(18)22)16-6-5-11(2)10-23-16/h1,5-8,10,12,19H,4,9H2,2H3. The van der Waals surface area contributed by atoms with Crippen molar-refractivity contribution in [3.05, 3.63) is 52.4 Å². The molecule has 3 nitrogen and oxygen atoms in total. The van der Waals surface area contributed by atoms with Crippen LogP contribution >= 0.6 is 11.6 Å². The SMILES string of the molecule is C#CCC1CC(=O)C(c2c(F)cc(-c3ccc(C)cn3)cc2Cl)C1=O. The van der Waals surface area contributed by atoms with E-state index in [1.54, 1.807) is 12.3 Å². The number of Topliss-reactive ketones (excluding diaryl/α,β-unsaturated/α-hetero) is 2. The lowest BCUT2D eigenvalue weighted by atomic mass is 9.92. The van der Waals surface area contributed by atoms with Gasteiger partial charge in [-0.3, -0.25) is 14.6 Å². The predicted molar refractivity (Wildman–Crippen MR) is 93.7 cm³/mol. The Labute approximate surface area is 150 Å². The van der Waals surface area contributed by atoms with E-state index in [9.17, 15) is 14.0 Å². The first-order valence-electron chi connectivity index (χ1n) is 7.84. The summed E-state index contributed by atoms with van der Waals surface area (Å²) in [4.78, 5) is 28.9. The molecule has 0 radical (unpaired) electrons. The van der Waals surface area contributed by atoms with E-state index in [1.807, 2.05) is 13.0 Å². The van der Waals surface area contributed by atoms with Gasteiger partial charge in [0.15, 0.2) is 5.78 Å². The fraction of sp³-hybridized carbons (Fsp3) is 0.250. The summed E-state index contributed by atoms with van der Waals surface area (Å²) in [6.07, 6.45) is 7.11. The fourth-order valence-corrected chi connectivity index (χ4v) is 3.44. The molecule has 1 aromatic heterocycles. The Balaban J connectivity index is 2.01. The average molecular weight is 356 g/mol. The van der Waals surface area contributed by atoms with E-state index in [4.69, 9.17) is 18.0 Å². The highest BCUT2D eigenvalue weighted by atomic mass is 35.5. The Bertz CT molecular complexity index is 876. The van der Waals surface area contributed by atoms with Gasteiger partial charge < -0.3 is 0 Å². The minimum absolute atomic E-state index is 0.0325. The third-order valence-electron chi connectivity index (χ3n) is 4.40. The highest BCUT2D eigenvalue weighted by Crippen LogP contribution is 2.39. The molecule has 0 amide bonds. The van der Waals surface area contributed by atoms with Gasteiger partial charge in [0.2, 0.25) is 0 Å². The van der Waals surface area contributed by atoms with Crippen LogP contribution in [0.15, 0.2) is 30.5 Å². The van der Waals surface area contributed by atoms with Gasteiger partial charge in [0.05, 0.1) is 5.69 Å². The van der Waals surface area contributed by atoms with Crippen LogP contribution in [0.25, 0.3) is 11.3 Å². The van der Waals surface area contributed by atoms with Crippen molar-refractivity contribution >= 4 is 23.2 Å². The molecule has 5 heteroatoms. The van der Waals surface area contributed by atoms with E-state index in [-0.39, 0.29) is 35.0 Å². The van der Waals surface area contributed by atoms with Crippen LogP contribution in [0.1, 0.15) is 29.9 Å². The molecule has 1 saturated carbocycles. The Hall–Kier alpha value is -2.51. The Morgan fingerprint density at radius 1 is 1.36 bits per heavy atom. The molecule has 2 atom stereocenters. The van der Waals surface area contributed by atoms with E-state index >= 15 is 0 Å².